The molecule has 86 valence electrons. The van der Waals surface area contributed by atoms with Crippen LogP contribution in [0.15, 0.2) is 24.3 Å². The SMILES string of the molecule is C=C(C)C(=O)OC(=O)C=CC(=O)OCC=O. The molecule has 0 unspecified atom stereocenters. The highest BCUT2D eigenvalue weighted by Crippen LogP contribution is 1.93. The van der Waals surface area contributed by atoms with Gasteiger partial charge in [-0.1, -0.05) is 6.58 Å². The van der Waals surface area contributed by atoms with E-state index in [4.69, 9.17) is 0 Å². The van der Waals surface area contributed by atoms with Crippen LogP contribution < -0.4 is 0 Å². The van der Waals surface area contributed by atoms with Crippen LogP contribution in [0.25, 0.3) is 0 Å². The Morgan fingerprint density at radius 3 is 2.25 bits per heavy atom. The van der Waals surface area contributed by atoms with Gasteiger partial charge >= 0.3 is 17.9 Å². The van der Waals surface area contributed by atoms with Gasteiger partial charge in [-0.05, 0) is 6.92 Å². The van der Waals surface area contributed by atoms with Gasteiger partial charge in [-0.2, -0.15) is 0 Å². The molecule has 0 fully saturated rings. The number of hydrogen-bond donors (Lipinski definition) is 0. The van der Waals surface area contributed by atoms with E-state index in [0.717, 1.165) is 6.08 Å². The molecular weight excluding hydrogens is 216 g/mol. The standard InChI is InChI=1S/C10H10O6/c1-7(2)10(14)16-9(13)4-3-8(12)15-6-5-11/h3-5H,1,6H2,2H3. The van der Waals surface area contributed by atoms with Crippen molar-refractivity contribution in [1.82, 2.24) is 0 Å². The molecule has 6 nitrogen and oxygen atoms in total. The molecule has 0 rings (SSSR count). The molecule has 0 aromatic carbocycles. The van der Waals surface area contributed by atoms with Crippen LogP contribution in [0.3, 0.4) is 0 Å². The molecule has 0 radical (unpaired) electrons. The van der Waals surface area contributed by atoms with Gasteiger partial charge in [0.1, 0.15) is 6.61 Å². The average molecular weight is 226 g/mol. The van der Waals surface area contributed by atoms with Crippen LogP contribution in [-0.2, 0) is 28.7 Å². The van der Waals surface area contributed by atoms with E-state index in [-0.39, 0.29) is 5.57 Å². The molecule has 0 aliphatic carbocycles. The Labute approximate surface area is 91.5 Å². The summed E-state index contributed by atoms with van der Waals surface area (Å²) >= 11 is 0. The number of esters is 3. The highest BCUT2D eigenvalue weighted by molar-refractivity contribution is 6.00. The molecule has 0 aliphatic rings. The summed E-state index contributed by atoms with van der Waals surface area (Å²) in [5.74, 6) is -2.78. The Balaban J connectivity index is 4.09. The van der Waals surface area contributed by atoms with E-state index in [1.807, 2.05) is 0 Å². The normalized spacial score (nSPS) is 9.56. The van der Waals surface area contributed by atoms with Gasteiger partial charge in [-0.3, -0.25) is 4.79 Å². The predicted octanol–water partition coefficient (Wildman–Crippen LogP) is -0.0694. The van der Waals surface area contributed by atoms with Gasteiger partial charge < -0.3 is 9.47 Å². The third-order valence-corrected chi connectivity index (χ3v) is 1.19. The second-order valence-corrected chi connectivity index (χ2v) is 2.62. The van der Waals surface area contributed by atoms with E-state index < -0.39 is 24.5 Å². The lowest BCUT2D eigenvalue weighted by molar-refractivity contribution is -0.153. The van der Waals surface area contributed by atoms with Gasteiger partial charge in [0, 0.05) is 17.7 Å². The number of carbonyl (C=O) groups excluding carboxylic acids is 4. The van der Waals surface area contributed by atoms with Crippen LogP contribution in [0.4, 0.5) is 0 Å². The number of carbonyl (C=O) groups is 4. The maximum atomic E-state index is 10.9. The van der Waals surface area contributed by atoms with Crippen LogP contribution in [0.5, 0.6) is 0 Å². The summed E-state index contributed by atoms with van der Waals surface area (Å²) in [6.07, 6.45) is 1.85. The fraction of sp³-hybridized carbons (Fsp3) is 0.200. The summed E-state index contributed by atoms with van der Waals surface area (Å²) in [4.78, 5) is 42.3. The van der Waals surface area contributed by atoms with E-state index in [2.05, 4.69) is 16.1 Å². The zero-order valence-corrected chi connectivity index (χ0v) is 8.60. The van der Waals surface area contributed by atoms with E-state index in [0.29, 0.717) is 12.4 Å². The fourth-order valence-corrected chi connectivity index (χ4v) is 0.513. The predicted molar refractivity (Wildman–Crippen MR) is 52.1 cm³/mol. The van der Waals surface area contributed by atoms with E-state index in [9.17, 15) is 19.2 Å². The zero-order valence-electron chi connectivity index (χ0n) is 8.60. The van der Waals surface area contributed by atoms with Crippen molar-refractivity contribution >= 4 is 24.2 Å². The second-order valence-electron chi connectivity index (χ2n) is 2.62. The maximum absolute atomic E-state index is 10.9. The average Bonchev–Trinajstić information content (AvgIpc) is 2.23. The van der Waals surface area contributed by atoms with E-state index in [1.54, 1.807) is 0 Å². The van der Waals surface area contributed by atoms with Crippen LogP contribution in [0.2, 0.25) is 0 Å². The first-order chi connectivity index (χ1) is 7.47. The molecule has 6 heteroatoms. The van der Waals surface area contributed by atoms with Crippen LogP contribution >= 0.6 is 0 Å². The molecule has 0 atom stereocenters. The van der Waals surface area contributed by atoms with Crippen molar-refractivity contribution in [2.75, 3.05) is 6.61 Å². The Hall–Kier alpha value is -2.24. The van der Waals surface area contributed by atoms with Crippen molar-refractivity contribution in [3.05, 3.63) is 24.3 Å². The molecule has 0 amide bonds. The first-order valence-corrected chi connectivity index (χ1v) is 4.17. The van der Waals surface area contributed by atoms with Crippen molar-refractivity contribution in [2.45, 2.75) is 6.92 Å². The van der Waals surface area contributed by atoms with E-state index in [1.165, 1.54) is 6.92 Å². The first-order valence-electron chi connectivity index (χ1n) is 4.17. The summed E-state index contributed by atoms with van der Waals surface area (Å²) in [7, 11) is 0. The molecule has 0 aliphatic heterocycles. The maximum Gasteiger partial charge on any atom is 0.340 e. The Bertz CT molecular complexity index is 352. The number of aldehydes is 1. The fourth-order valence-electron chi connectivity index (χ4n) is 0.513. The van der Waals surface area contributed by atoms with Crippen LogP contribution in [0.1, 0.15) is 6.92 Å². The molecule has 0 saturated carbocycles. The highest BCUT2D eigenvalue weighted by Gasteiger charge is 2.08. The Morgan fingerprint density at radius 1 is 1.19 bits per heavy atom. The Kier molecular flexibility index (Phi) is 6.11. The van der Waals surface area contributed by atoms with E-state index >= 15 is 0 Å². The lowest BCUT2D eigenvalue weighted by Gasteiger charge is -1.97. The van der Waals surface area contributed by atoms with Gasteiger partial charge in [0.05, 0.1) is 0 Å². The topological polar surface area (TPSA) is 86.7 Å². The van der Waals surface area contributed by atoms with Gasteiger partial charge in [0.15, 0.2) is 6.29 Å². The number of ether oxygens (including phenoxy) is 2. The third kappa shape index (κ3) is 6.25. The second kappa shape index (κ2) is 7.10. The van der Waals surface area contributed by atoms with Crippen molar-refractivity contribution < 1.29 is 28.7 Å². The van der Waals surface area contributed by atoms with Crippen molar-refractivity contribution in [2.24, 2.45) is 0 Å². The summed E-state index contributed by atoms with van der Waals surface area (Å²) in [5.41, 5.74) is 0.0604. The summed E-state index contributed by atoms with van der Waals surface area (Å²) in [6.45, 7) is 4.24. The van der Waals surface area contributed by atoms with Crippen molar-refractivity contribution in [3.63, 3.8) is 0 Å². The first kappa shape index (κ1) is 13.8. The molecule has 0 spiro atoms. The molecule has 0 saturated heterocycles. The number of rotatable bonds is 5. The van der Waals surface area contributed by atoms with Crippen molar-refractivity contribution in [1.29, 1.82) is 0 Å². The summed E-state index contributed by atoms with van der Waals surface area (Å²) < 4.78 is 8.52. The monoisotopic (exact) mass is 226 g/mol. The van der Waals surface area contributed by atoms with Gasteiger partial charge in [-0.25, -0.2) is 14.4 Å². The largest absolute Gasteiger partial charge is 0.455 e. The number of hydrogen-bond acceptors (Lipinski definition) is 6. The zero-order chi connectivity index (χ0) is 12.6. The quantitative estimate of drug-likeness (QED) is 0.282. The van der Waals surface area contributed by atoms with Crippen LogP contribution in [-0.4, -0.2) is 30.8 Å². The third-order valence-electron chi connectivity index (χ3n) is 1.19. The lowest BCUT2D eigenvalue weighted by Crippen LogP contribution is -2.11. The molecule has 0 aromatic rings. The highest BCUT2D eigenvalue weighted by atomic mass is 16.6. The summed E-state index contributed by atoms with van der Waals surface area (Å²) in [6, 6.07) is 0. The molecule has 0 aromatic heterocycles. The summed E-state index contributed by atoms with van der Waals surface area (Å²) in [5, 5.41) is 0. The lowest BCUT2D eigenvalue weighted by atomic mass is 10.4. The molecule has 0 bridgehead atoms. The van der Waals surface area contributed by atoms with Gasteiger partial charge in [-0.15, -0.1) is 0 Å². The van der Waals surface area contributed by atoms with Gasteiger partial charge in [0.2, 0.25) is 0 Å². The van der Waals surface area contributed by atoms with Crippen molar-refractivity contribution in [3.8, 4) is 0 Å². The molecular formula is C10H10O6. The van der Waals surface area contributed by atoms with Crippen LogP contribution in [0, 0.1) is 0 Å². The molecule has 0 heterocycles. The minimum Gasteiger partial charge on any atom is -0.455 e. The molecule has 16 heavy (non-hydrogen) atoms. The smallest absolute Gasteiger partial charge is 0.340 e. The Morgan fingerprint density at radius 2 is 1.75 bits per heavy atom. The minimum absolute atomic E-state index is 0.0604. The van der Waals surface area contributed by atoms with Gasteiger partial charge in [0.25, 0.3) is 0 Å². The minimum atomic E-state index is -1.02. The molecule has 0 N–H and O–H groups in total.